The van der Waals surface area contributed by atoms with Crippen LogP contribution in [0.4, 0.5) is 0 Å². The lowest BCUT2D eigenvalue weighted by Crippen LogP contribution is -1.89. The summed E-state index contributed by atoms with van der Waals surface area (Å²) in [6, 6.07) is 16.0. The molecule has 0 spiro atoms. The van der Waals surface area contributed by atoms with Crippen LogP contribution in [-0.4, -0.2) is 0 Å². The van der Waals surface area contributed by atoms with E-state index in [1.54, 1.807) is 5.57 Å². The molecule has 0 nitrogen and oxygen atoms in total. The first-order chi connectivity index (χ1) is 10.8. The molecule has 3 rings (SSSR count). The summed E-state index contributed by atoms with van der Waals surface area (Å²) in [5, 5.41) is 0. The molecule has 1 aliphatic carbocycles. The predicted molar refractivity (Wildman–Crippen MR) is 97.1 cm³/mol. The molecule has 1 aliphatic rings. The maximum absolute atomic E-state index is 2.40. The number of benzene rings is 2. The minimum absolute atomic E-state index is 1.13. The highest BCUT2D eigenvalue weighted by molar-refractivity contribution is 5.80. The highest BCUT2D eigenvalue weighted by Crippen LogP contribution is 2.34. The van der Waals surface area contributed by atoms with Crippen LogP contribution in [0.2, 0.25) is 0 Å². The van der Waals surface area contributed by atoms with Crippen molar-refractivity contribution in [2.75, 3.05) is 0 Å². The molecule has 0 heteroatoms. The molecular weight excluding hydrogens is 264 g/mol. The fraction of sp³-hybridized carbons (Fsp3) is 0.364. The van der Waals surface area contributed by atoms with E-state index in [4.69, 9.17) is 0 Å². The molecule has 0 atom stereocenters. The second kappa shape index (κ2) is 6.96. The van der Waals surface area contributed by atoms with E-state index in [9.17, 15) is 0 Å². The van der Waals surface area contributed by atoms with Crippen LogP contribution in [0.5, 0.6) is 0 Å². The van der Waals surface area contributed by atoms with E-state index in [1.807, 2.05) is 0 Å². The maximum Gasteiger partial charge on any atom is -0.00577 e. The molecule has 0 saturated carbocycles. The van der Waals surface area contributed by atoms with Crippen LogP contribution >= 0.6 is 0 Å². The number of allylic oxidation sites excluding steroid dienone is 1. The predicted octanol–water partition coefficient (Wildman–Crippen LogP) is 6.44. The van der Waals surface area contributed by atoms with Gasteiger partial charge in [-0.25, -0.2) is 0 Å². The standard InChI is InChI=1S/C22H26/c1-3-5-6-8-18-11-13-19(14-12-18)21-10-7-9-20-15-17(4-2)16-22(20)21/h7,9-14,16H,3-6,8,15H2,1-2H3. The number of hydrogen-bond donors (Lipinski definition) is 0. The average molecular weight is 290 g/mol. The van der Waals surface area contributed by atoms with E-state index < -0.39 is 0 Å². The lowest BCUT2D eigenvalue weighted by Gasteiger charge is -2.09. The molecule has 0 unspecified atom stereocenters. The van der Waals surface area contributed by atoms with E-state index in [0.717, 1.165) is 12.8 Å². The van der Waals surface area contributed by atoms with E-state index in [1.165, 1.54) is 53.5 Å². The van der Waals surface area contributed by atoms with Gasteiger partial charge in [-0.15, -0.1) is 0 Å². The molecule has 0 aromatic heterocycles. The molecule has 2 aromatic carbocycles. The molecule has 0 bridgehead atoms. The number of unbranched alkanes of at least 4 members (excludes halogenated alkanes) is 2. The highest BCUT2D eigenvalue weighted by atomic mass is 14.2. The zero-order valence-corrected chi connectivity index (χ0v) is 13.9. The van der Waals surface area contributed by atoms with Crippen molar-refractivity contribution in [1.82, 2.24) is 0 Å². The Morgan fingerprint density at radius 3 is 2.45 bits per heavy atom. The van der Waals surface area contributed by atoms with Crippen molar-refractivity contribution in [3.63, 3.8) is 0 Å². The van der Waals surface area contributed by atoms with Crippen LogP contribution in [-0.2, 0) is 12.8 Å². The van der Waals surface area contributed by atoms with E-state index in [2.05, 4.69) is 62.4 Å². The Labute approximate surface area is 134 Å². The third kappa shape index (κ3) is 3.16. The fourth-order valence-electron chi connectivity index (χ4n) is 3.35. The quantitative estimate of drug-likeness (QED) is 0.537. The lowest BCUT2D eigenvalue weighted by molar-refractivity contribution is 0.717. The van der Waals surface area contributed by atoms with Gasteiger partial charge in [-0.3, -0.25) is 0 Å². The fourth-order valence-corrected chi connectivity index (χ4v) is 3.35. The molecule has 0 saturated heterocycles. The summed E-state index contributed by atoms with van der Waals surface area (Å²) in [7, 11) is 0. The third-order valence-corrected chi connectivity index (χ3v) is 4.75. The molecule has 0 aliphatic heterocycles. The van der Waals surface area contributed by atoms with Crippen molar-refractivity contribution in [2.45, 2.75) is 52.4 Å². The Morgan fingerprint density at radius 2 is 1.73 bits per heavy atom. The van der Waals surface area contributed by atoms with Gasteiger partial charge in [-0.2, -0.15) is 0 Å². The van der Waals surface area contributed by atoms with Crippen LogP contribution in [0.15, 0.2) is 48.0 Å². The second-order valence-corrected chi connectivity index (χ2v) is 6.37. The van der Waals surface area contributed by atoms with Crippen molar-refractivity contribution in [3.05, 3.63) is 64.7 Å². The number of hydrogen-bond acceptors (Lipinski definition) is 0. The monoisotopic (exact) mass is 290 g/mol. The smallest absolute Gasteiger partial charge is 0.00577 e. The second-order valence-electron chi connectivity index (χ2n) is 6.37. The summed E-state index contributed by atoms with van der Waals surface area (Å²) in [4.78, 5) is 0. The molecule has 0 radical (unpaired) electrons. The summed E-state index contributed by atoms with van der Waals surface area (Å²) in [6.45, 7) is 4.51. The van der Waals surface area contributed by atoms with Crippen molar-refractivity contribution >= 4 is 6.08 Å². The Balaban J connectivity index is 1.84. The lowest BCUT2D eigenvalue weighted by atomic mass is 9.96. The van der Waals surface area contributed by atoms with Gasteiger partial charge in [0, 0.05) is 0 Å². The highest BCUT2D eigenvalue weighted by Gasteiger charge is 2.15. The van der Waals surface area contributed by atoms with Crippen molar-refractivity contribution in [3.8, 4) is 11.1 Å². The van der Waals surface area contributed by atoms with Crippen LogP contribution in [0.25, 0.3) is 17.2 Å². The Morgan fingerprint density at radius 1 is 0.909 bits per heavy atom. The molecule has 0 heterocycles. The van der Waals surface area contributed by atoms with E-state index in [-0.39, 0.29) is 0 Å². The molecular formula is C22H26. The first kappa shape index (κ1) is 15.1. The van der Waals surface area contributed by atoms with Gasteiger partial charge >= 0.3 is 0 Å². The molecule has 0 fully saturated rings. The maximum atomic E-state index is 2.40. The zero-order chi connectivity index (χ0) is 15.4. The normalized spacial score (nSPS) is 13.1. The first-order valence-electron chi connectivity index (χ1n) is 8.72. The minimum Gasteiger partial charge on any atom is -0.0655 e. The summed E-state index contributed by atoms with van der Waals surface area (Å²) in [5.41, 5.74) is 8.69. The number of fused-ring (bicyclic) bond motifs is 1. The molecule has 2 aromatic rings. The summed E-state index contributed by atoms with van der Waals surface area (Å²) >= 11 is 0. The molecule has 22 heavy (non-hydrogen) atoms. The topological polar surface area (TPSA) is 0 Å². The van der Waals surface area contributed by atoms with Gasteiger partial charge in [-0.05, 0) is 53.5 Å². The van der Waals surface area contributed by atoms with Crippen molar-refractivity contribution in [1.29, 1.82) is 0 Å². The van der Waals surface area contributed by atoms with Gasteiger partial charge in [0.2, 0.25) is 0 Å². The Kier molecular flexibility index (Phi) is 4.77. The van der Waals surface area contributed by atoms with Gasteiger partial charge in [0.05, 0.1) is 0 Å². The van der Waals surface area contributed by atoms with E-state index in [0.29, 0.717) is 0 Å². The van der Waals surface area contributed by atoms with Crippen molar-refractivity contribution in [2.24, 2.45) is 0 Å². The Hall–Kier alpha value is -1.82. The van der Waals surface area contributed by atoms with Crippen LogP contribution in [0.3, 0.4) is 0 Å². The van der Waals surface area contributed by atoms with Crippen molar-refractivity contribution < 1.29 is 0 Å². The largest absolute Gasteiger partial charge is 0.0655 e. The van der Waals surface area contributed by atoms with E-state index >= 15 is 0 Å². The molecule has 0 N–H and O–H groups in total. The number of aryl methyl sites for hydroxylation is 1. The van der Waals surface area contributed by atoms with Gasteiger partial charge in [0.15, 0.2) is 0 Å². The minimum atomic E-state index is 1.13. The Bertz CT molecular complexity index is 659. The zero-order valence-electron chi connectivity index (χ0n) is 13.9. The summed E-state index contributed by atoms with van der Waals surface area (Å²) in [5.74, 6) is 0. The van der Waals surface area contributed by atoms with Crippen LogP contribution in [0, 0.1) is 0 Å². The van der Waals surface area contributed by atoms with Crippen LogP contribution in [0.1, 0.15) is 56.2 Å². The first-order valence-corrected chi connectivity index (χ1v) is 8.72. The summed E-state index contributed by atoms with van der Waals surface area (Å²) in [6.07, 6.45) is 9.83. The average Bonchev–Trinajstić information content (AvgIpc) is 2.99. The van der Waals surface area contributed by atoms with Crippen LogP contribution < -0.4 is 0 Å². The SMILES string of the molecule is CCCCCc1ccc(-c2cccc3c2C=C(CC)C3)cc1. The van der Waals surface area contributed by atoms with Gasteiger partial charge in [-0.1, -0.05) is 80.8 Å². The molecule has 0 amide bonds. The third-order valence-electron chi connectivity index (χ3n) is 4.75. The number of rotatable bonds is 6. The summed E-state index contributed by atoms with van der Waals surface area (Å²) < 4.78 is 0. The van der Waals surface area contributed by atoms with Gasteiger partial charge in [0.25, 0.3) is 0 Å². The molecule has 114 valence electrons. The van der Waals surface area contributed by atoms with Gasteiger partial charge < -0.3 is 0 Å². The van der Waals surface area contributed by atoms with Gasteiger partial charge in [0.1, 0.15) is 0 Å².